The minimum absolute atomic E-state index is 0.0931. The summed E-state index contributed by atoms with van der Waals surface area (Å²) >= 11 is 1.58. The lowest BCUT2D eigenvalue weighted by molar-refractivity contribution is 0.535. The molecule has 4 rings (SSSR count). The first kappa shape index (κ1) is 17.5. The molecule has 4 aromatic rings. The third kappa shape index (κ3) is 3.53. The molecule has 0 spiro atoms. The number of furan rings is 1. The van der Waals surface area contributed by atoms with Crippen LogP contribution in [0.1, 0.15) is 23.5 Å². The smallest absolute Gasteiger partial charge is 0.196 e. The van der Waals surface area contributed by atoms with Crippen LogP contribution in [0.25, 0.3) is 17.1 Å². The van der Waals surface area contributed by atoms with E-state index in [1.165, 1.54) is 12.1 Å². The van der Waals surface area contributed by atoms with E-state index in [0.717, 1.165) is 33.6 Å². The molecule has 1 unspecified atom stereocenters. The van der Waals surface area contributed by atoms with Crippen molar-refractivity contribution in [2.24, 2.45) is 0 Å². The van der Waals surface area contributed by atoms with Crippen LogP contribution in [0.2, 0.25) is 0 Å². The average molecular weight is 379 g/mol. The van der Waals surface area contributed by atoms with Gasteiger partial charge in [0, 0.05) is 10.9 Å². The normalized spacial score (nSPS) is 12.3. The molecule has 27 heavy (non-hydrogen) atoms. The predicted molar refractivity (Wildman–Crippen MR) is 104 cm³/mol. The van der Waals surface area contributed by atoms with Crippen LogP contribution in [-0.4, -0.2) is 14.8 Å². The summed E-state index contributed by atoms with van der Waals surface area (Å²) in [5.74, 6) is 1.30. The van der Waals surface area contributed by atoms with E-state index < -0.39 is 0 Å². The van der Waals surface area contributed by atoms with Gasteiger partial charge in [-0.05, 0) is 49.7 Å². The number of aryl methyl sites for hydroxylation is 1. The van der Waals surface area contributed by atoms with Gasteiger partial charge >= 0.3 is 0 Å². The second-order valence-corrected chi connectivity index (χ2v) is 7.49. The van der Waals surface area contributed by atoms with Crippen LogP contribution in [0.15, 0.2) is 76.5 Å². The van der Waals surface area contributed by atoms with Crippen LogP contribution in [0.4, 0.5) is 4.39 Å². The Labute approximate surface area is 161 Å². The Morgan fingerprint density at radius 2 is 1.74 bits per heavy atom. The van der Waals surface area contributed by atoms with Gasteiger partial charge in [-0.1, -0.05) is 42.1 Å². The molecule has 0 aliphatic rings. The Hall–Kier alpha value is -2.86. The van der Waals surface area contributed by atoms with Crippen molar-refractivity contribution in [2.75, 3.05) is 0 Å². The van der Waals surface area contributed by atoms with Gasteiger partial charge in [0.2, 0.25) is 0 Å². The average Bonchev–Trinajstić information content (AvgIpc) is 3.28. The first-order chi connectivity index (χ1) is 13.1. The molecule has 0 bridgehead atoms. The number of para-hydroxylation sites is 1. The van der Waals surface area contributed by atoms with Gasteiger partial charge in [-0.2, -0.15) is 0 Å². The van der Waals surface area contributed by atoms with Gasteiger partial charge in [0.1, 0.15) is 11.6 Å². The van der Waals surface area contributed by atoms with Gasteiger partial charge in [-0.3, -0.25) is 4.57 Å². The van der Waals surface area contributed by atoms with Gasteiger partial charge in [-0.15, -0.1) is 10.2 Å². The summed E-state index contributed by atoms with van der Waals surface area (Å²) in [6.07, 6.45) is 1.66. The summed E-state index contributed by atoms with van der Waals surface area (Å²) in [6.45, 7) is 3.98. The zero-order chi connectivity index (χ0) is 18.8. The summed E-state index contributed by atoms with van der Waals surface area (Å²) in [4.78, 5) is 0. The number of nitrogens with zero attached hydrogens (tertiary/aromatic N) is 3. The Balaban J connectivity index is 1.76. The van der Waals surface area contributed by atoms with Crippen LogP contribution in [0.5, 0.6) is 0 Å². The van der Waals surface area contributed by atoms with E-state index in [4.69, 9.17) is 4.42 Å². The minimum Gasteiger partial charge on any atom is -0.469 e. The summed E-state index contributed by atoms with van der Waals surface area (Å²) < 4.78 is 20.7. The number of aromatic nitrogens is 3. The van der Waals surface area contributed by atoms with Gasteiger partial charge in [-0.25, -0.2) is 4.39 Å². The van der Waals surface area contributed by atoms with Gasteiger partial charge in [0.25, 0.3) is 0 Å². The topological polar surface area (TPSA) is 43.9 Å². The van der Waals surface area contributed by atoms with E-state index in [1.54, 1.807) is 30.2 Å². The fourth-order valence-corrected chi connectivity index (χ4v) is 3.90. The zero-order valence-corrected chi connectivity index (χ0v) is 15.8. The van der Waals surface area contributed by atoms with Gasteiger partial charge in [0.05, 0.1) is 11.8 Å². The van der Waals surface area contributed by atoms with E-state index in [0.29, 0.717) is 0 Å². The Kier molecular flexibility index (Phi) is 4.81. The highest BCUT2D eigenvalue weighted by molar-refractivity contribution is 7.99. The van der Waals surface area contributed by atoms with Crippen LogP contribution in [-0.2, 0) is 0 Å². The number of halogens is 1. The molecule has 0 fully saturated rings. The molecule has 0 radical (unpaired) electrons. The molecule has 6 heteroatoms. The van der Waals surface area contributed by atoms with Crippen molar-refractivity contribution in [3.63, 3.8) is 0 Å². The molecule has 0 saturated heterocycles. The first-order valence-electron chi connectivity index (χ1n) is 8.61. The number of hydrogen-bond donors (Lipinski definition) is 0. The molecule has 2 heterocycles. The maximum atomic E-state index is 13.2. The highest BCUT2D eigenvalue weighted by Crippen LogP contribution is 2.37. The molecule has 4 nitrogen and oxygen atoms in total. The second-order valence-electron chi connectivity index (χ2n) is 6.18. The van der Waals surface area contributed by atoms with Crippen LogP contribution < -0.4 is 0 Å². The fraction of sp³-hybridized carbons (Fsp3) is 0.143. The first-order valence-corrected chi connectivity index (χ1v) is 9.49. The van der Waals surface area contributed by atoms with Crippen molar-refractivity contribution in [3.05, 3.63) is 84.1 Å². The lowest BCUT2D eigenvalue weighted by Gasteiger charge is -2.14. The standard InChI is InChI=1S/C21H18FN3OS/c1-14-19(12-13-26-14)20-23-24-21(25(20)18-6-4-3-5-7-18)27-15(2)16-8-10-17(22)11-9-16/h3-13,15H,1-2H3. The van der Waals surface area contributed by atoms with E-state index >= 15 is 0 Å². The molecule has 0 aliphatic carbocycles. The number of rotatable bonds is 5. The number of hydrogen-bond acceptors (Lipinski definition) is 4. The quantitative estimate of drug-likeness (QED) is 0.409. The number of thioether (sulfide) groups is 1. The van der Waals surface area contributed by atoms with Crippen molar-refractivity contribution >= 4 is 11.8 Å². The fourth-order valence-electron chi connectivity index (χ4n) is 2.91. The Bertz CT molecular complexity index is 1040. The SMILES string of the molecule is Cc1occc1-c1nnc(SC(C)c2ccc(F)cc2)n1-c1ccccc1. The molecule has 0 saturated carbocycles. The lowest BCUT2D eigenvalue weighted by atomic mass is 10.2. The minimum atomic E-state index is -0.235. The third-order valence-electron chi connectivity index (χ3n) is 4.37. The number of benzene rings is 2. The van der Waals surface area contributed by atoms with E-state index in [2.05, 4.69) is 17.1 Å². The zero-order valence-electron chi connectivity index (χ0n) is 15.0. The van der Waals surface area contributed by atoms with Crippen molar-refractivity contribution in [1.82, 2.24) is 14.8 Å². The lowest BCUT2D eigenvalue weighted by Crippen LogP contribution is -2.00. The van der Waals surface area contributed by atoms with Crippen molar-refractivity contribution in [2.45, 2.75) is 24.3 Å². The molecular formula is C21H18FN3OS. The summed E-state index contributed by atoms with van der Waals surface area (Å²) in [5, 5.41) is 9.73. The monoisotopic (exact) mass is 379 g/mol. The van der Waals surface area contributed by atoms with Gasteiger partial charge in [0.15, 0.2) is 11.0 Å². The molecule has 136 valence electrons. The molecule has 0 amide bonds. The maximum absolute atomic E-state index is 13.2. The molecule has 0 N–H and O–H groups in total. The second kappa shape index (κ2) is 7.40. The summed E-state index contributed by atoms with van der Waals surface area (Å²) in [6, 6.07) is 18.5. The highest BCUT2D eigenvalue weighted by Gasteiger charge is 2.21. The summed E-state index contributed by atoms with van der Waals surface area (Å²) in [5.41, 5.74) is 2.92. The van der Waals surface area contributed by atoms with Crippen LogP contribution in [0, 0.1) is 12.7 Å². The molecule has 2 aromatic heterocycles. The predicted octanol–water partition coefficient (Wildman–Crippen LogP) is 5.83. The van der Waals surface area contributed by atoms with E-state index in [9.17, 15) is 4.39 Å². The molecule has 0 aliphatic heterocycles. The van der Waals surface area contributed by atoms with Gasteiger partial charge < -0.3 is 4.42 Å². The van der Waals surface area contributed by atoms with Crippen molar-refractivity contribution < 1.29 is 8.81 Å². The van der Waals surface area contributed by atoms with E-state index in [-0.39, 0.29) is 11.1 Å². The molecule has 2 aromatic carbocycles. The Morgan fingerprint density at radius 1 is 1.00 bits per heavy atom. The van der Waals surface area contributed by atoms with E-state index in [1.807, 2.05) is 47.9 Å². The third-order valence-corrected chi connectivity index (χ3v) is 5.47. The van der Waals surface area contributed by atoms with Crippen molar-refractivity contribution in [1.29, 1.82) is 0 Å². The maximum Gasteiger partial charge on any atom is 0.196 e. The van der Waals surface area contributed by atoms with Crippen LogP contribution in [0.3, 0.4) is 0 Å². The molecule has 1 atom stereocenters. The largest absolute Gasteiger partial charge is 0.469 e. The Morgan fingerprint density at radius 3 is 2.41 bits per heavy atom. The van der Waals surface area contributed by atoms with Crippen molar-refractivity contribution in [3.8, 4) is 17.1 Å². The molecular weight excluding hydrogens is 361 g/mol. The van der Waals surface area contributed by atoms with Crippen LogP contribution >= 0.6 is 11.8 Å². The highest BCUT2D eigenvalue weighted by atomic mass is 32.2. The summed E-state index contributed by atoms with van der Waals surface area (Å²) in [7, 11) is 0.